The van der Waals surface area contributed by atoms with Crippen LogP contribution in [0, 0.1) is 12.8 Å². The fourth-order valence-electron chi connectivity index (χ4n) is 3.56. The summed E-state index contributed by atoms with van der Waals surface area (Å²) in [5.74, 6) is 0.721. The van der Waals surface area contributed by atoms with Gasteiger partial charge >= 0.3 is 0 Å². The van der Waals surface area contributed by atoms with Crippen LogP contribution in [0.5, 0.6) is 0 Å². The standard InChI is InChI=1S/C22H36N2S/c1-19(17-22-18-25-20(2)24-22)21-13-9-7-5-3-4-6-8-11-15-23-16-12-10-14-21/h3-4,17-18,21,23H,5-16H2,1-2H3. The summed E-state index contributed by atoms with van der Waals surface area (Å²) in [7, 11) is 0. The summed E-state index contributed by atoms with van der Waals surface area (Å²) in [5.41, 5.74) is 2.67. The van der Waals surface area contributed by atoms with Crippen molar-refractivity contribution in [2.45, 2.75) is 78.1 Å². The number of hydrogen-bond donors (Lipinski definition) is 1. The van der Waals surface area contributed by atoms with Gasteiger partial charge < -0.3 is 5.32 Å². The lowest BCUT2D eigenvalue weighted by Gasteiger charge is -2.18. The Morgan fingerprint density at radius 2 is 1.68 bits per heavy atom. The van der Waals surface area contributed by atoms with E-state index in [0.717, 1.165) is 16.6 Å². The van der Waals surface area contributed by atoms with Crippen LogP contribution < -0.4 is 5.32 Å². The zero-order chi connectivity index (χ0) is 17.7. The lowest BCUT2D eigenvalue weighted by atomic mass is 9.88. The zero-order valence-corrected chi connectivity index (χ0v) is 17.0. The summed E-state index contributed by atoms with van der Waals surface area (Å²) in [4.78, 5) is 4.61. The van der Waals surface area contributed by atoms with Crippen LogP contribution >= 0.6 is 11.3 Å². The molecule has 0 amide bonds. The van der Waals surface area contributed by atoms with Gasteiger partial charge in [0.2, 0.25) is 0 Å². The highest BCUT2D eigenvalue weighted by Crippen LogP contribution is 2.26. The molecule has 2 heterocycles. The molecule has 3 heteroatoms. The van der Waals surface area contributed by atoms with E-state index in [1.54, 1.807) is 11.3 Å². The average Bonchev–Trinajstić information content (AvgIpc) is 2.99. The molecule has 1 aliphatic rings. The molecule has 140 valence electrons. The van der Waals surface area contributed by atoms with E-state index >= 15 is 0 Å². The molecule has 0 spiro atoms. The monoisotopic (exact) mass is 360 g/mol. The molecule has 0 aliphatic carbocycles. The molecule has 25 heavy (non-hydrogen) atoms. The Morgan fingerprint density at radius 3 is 2.36 bits per heavy atom. The van der Waals surface area contributed by atoms with E-state index in [0.29, 0.717) is 0 Å². The molecule has 0 aromatic carbocycles. The normalized spacial score (nSPS) is 22.8. The van der Waals surface area contributed by atoms with Gasteiger partial charge in [0.1, 0.15) is 0 Å². The highest BCUT2D eigenvalue weighted by molar-refractivity contribution is 7.09. The largest absolute Gasteiger partial charge is 0.317 e. The summed E-state index contributed by atoms with van der Waals surface area (Å²) in [5, 5.41) is 6.95. The molecular weight excluding hydrogens is 324 g/mol. The van der Waals surface area contributed by atoms with E-state index in [2.05, 4.69) is 47.8 Å². The summed E-state index contributed by atoms with van der Waals surface area (Å²) in [6.45, 7) is 6.76. The molecular formula is C22H36N2S. The number of allylic oxidation sites excluding steroid dienone is 3. The lowest BCUT2D eigenvalue weighted by molar-refractivity contribution is 0.460. The minimum absolute atomic E-state index is 0.721. The minimum Gasteiger partial charge on any atom is -0.317 e. The average molecular weight is 361 g/mol. The number of nitrogens with one attached hydrogen (secondary N) is 1. The Balaban J connectivity index is 1.90. The van der Waals surface area contributed by atoms with Gasteiger partial charge in [-0.3, -0.25) is 0 Å². The number of rotatable bonds is 2. The lowest BCUT2D eigenvalue weighted by Crippen LogP contribution is -2.17. The van der Waals surface area contributed by atoms with Gasteiger partial charge in [-0.15, -0.1) is 11.3 Å². The third-order valence-electron chi connectivity index (χ3n) is 5.13. The molecule has 0 radical (unpaired) electrons. The SMILES string of the molecule is CC(=Cc1csc(C)n1)C1CCCCC=CCCCCNCCCC1. The molecule has 1 atom stereocenters. The van der Waals surface area contributed by atoms with Gasteiger partial charge in [-0.25, -0.2) is 4.98 Å². The van der Waals surface area contributed by atoms with Gasteiger partial charge in [0, 0.05) is 5.38 Å². The first kappa shape index (κ1) is 20.4. The number of hydrogen-bond acceptors (Lipinski definition) is 3. The molecule has 1 aliphatic heterocycles. The molecule has 0 saturated carbocycles. The molecule has 2 nitrogen and oxygen atoms in total. The molecule has 0 fully saturated rings. The first-order valence-electron chi connectivity index (χ1n) is 10.2. The van der Waals surface area contributed by atoms with E-state index < -0.39 is 0 Å². The van der Waals surface area contributed by atoms with E-state index in [1.807, 2.05) is 0 Å². The topological polar surface area (TPSA) is 24.9 Å². The van der Waals surface area contributed by atoms with Crippen LogP contribution in [0.3, 0.4) is 0 Å². The predicted molar refractivity (Wildman–Crippen MR) is 112 cm³/mol. The highest BCUT2D eigenvalue weighted by Gasteiger charge is 2.11. The summed E-state index contributed by atoms with van der Waals surface area (Å²) in [6, 6.07) is 0. The third kappa shape index (κ3) is 8.82. The predicted octanol–water partition coefficient (Wildman–Crippen LogP) is 6.53. The van der Waals surface area contributed by atoms with Gasteiger partial charge in [0.25, 0.3) is 0 Å². The Labute approximate surface area is 158 Å². The van der Waals surface area contributed by atoms with Crippen LogP contribution in [0.1, 0.15) is 81.8 Å². The van der Waals surface area contributed by atoms with Gasteiger partial charge in [-0.05, 0) is 90.3 Å². The van der Waals surface area contributed by atoms with Crippen LogP contribution in [-0.4, -0.2) is 18.1 Å². The Kier molecular flexibility index (Phi) is 10.1. The summed E-state index contributed by atoms with van der Waals surface area (Å²) in [6.07, 6.45) is 20.2. The first-order chi connectivity index (χ1) is 12.3. The minimum atomic E-state index is 0.721. The van der Waals surface area contributed by atoms with Gasteiger partial charge in [-0.1, -0.05) is 30.6 Å². The molecule has 0 saturated heterocycles. The number of aryl methyl sites for hydroxylation is 1. The van der Waals surface area contributed by atoms with Crippen LogP contribution in [0.25, 0.3) is 6.08 Å². The van der Waals surface area contributed by atoms with Gasteiger partial charge in [0.15, 0.2) is 0 Å². The van der Waals surface area contributed by atoms with Crippen molar-refractivity contribution in [2.75, 3.05) is 13.1 Å². The first-order valence-corrected chi connectivity index (χ1v) is 11.1. The Bertz CT molecular complexity index is 530. The maximum absolute atomic E-state index is 4.61. The van der Waals surface area contributed by atoms with Crippen molar-refractivity contribution in [3.63, 3.8) is 0 Å². The van der Waals surface area contributed by atoms with Crippen molar-refractivity contribution >= 4 is 17.4 Å². The van der Waals surface area contributed by atoms with Crippen LogP contribution in [0.2, 0.25) is 0 Å². The maximum atomic E-state index is 4.61. The van der Waals surface area contributed by atoms with Crippen molar-refractivity contribution in [1.29, 1.82) is 0 Å². The fraction of sp³-hybridized carbons (Fsp3) is 0.682. The maximum Gasteiger partial charge on any atom is 0.0901 e. The highest BCUT2D eigenvalue weighted by atomic mass is 32.1. The van der Waals surface area contributed by atoms with Crippen LogP contribution in [0.4, 0.5) is 0 Å². The Morgan fingerprint density at radius 1 is 1.04 bits per heavy atom. The van der Waals surface area contributed by atoms with Crippen molar-refractivity contribution < 1.29 is 0 Å². The zero-order valence-electron chi connectivity index (χ0n) is 16.2. The van der Waals surface area contributed by atoms with E-state index in [-0.39, 0.29) is 0 Å². The third-order valence-corrected chi connectivity index (χ3v) is 5.92. The smallest absolute Gasteiger partial charge is 0.0901 e. The number of aromatic nitrogens is 1. The Hall–Kier alpha value is -0.930. The molecule has 1 N–H and O–H groups in total. The second-order valence-corrected chi connectivity index (χ2v) is 8.44. The molecule has 1 aromatic rings. The van der Waals surface area contributed by atoms with Crippen molar-refractivity contribution in [2.24, 2.45) is 5.92 Å². The van der Waals surface area contributed by atoms with E-state index in [1.165, 1.54) is 82.9 Å². The van der Waals surface area contributed by atoms with Crippen molar-refractivity contribution in [3.05, 3.63) is 33.8 Å². The van der Waals surface area contributed by atoms with Crippen molar-refractivity contribution in [1.82, 2.24) is 10.3 Å². The van der Waals surface area contributed by atoms with E-state index in [4.69, 9.17) is 0 Å². The van der Waals surface area contributed by atoms with E-state index in [9.17, 15) is 0 Å². The molecule has 1 unspecified atom stereocenters. The second kappa shape index (κ2) is 12.4. The quantitative estimate of drug-likeness (QED) is 0.606. The van der Waals surface area contributed by atoms with Crippen molar-refractivity contribution in [3.8, 4) is 0 Å². The fourth-order valence-corrected chi connectivity index (χ4v) is 4.13. The summed E-state index contributed by atoms with van der Waals surface area (Å²) >= 11 is 1.75. The molecule has 2 rings (SSSR count). The molecule has 1 aromatic heterocycles. The second-order valence-electron chi connectivity index (χ2n) is 7.37. The number of thiazole rings is 1. The summed E-state index contributed by atoms with van der Waals surface area (Å²) < 4.78 is 0. The van der Waals surface area contributed by atoms with Crippen LogP contribution in [-0.2, 0) is 0 Å². The van der Waals surface area contributed by atoms with Gasteiger partial charge in [-0.2, -0.15) is 0 Å². The van der Waals surface area contributed by atoms with Crippen LogP contribution in [0.15, 0.2) is 23.1 Å². The molecule has 0 bridgehead atoms. The number of nitrogens with zero attached hydrogens (tertiary/aromatic N) is 1. The van der Waals surface area contributed by atoms with Gasteiger partial charge in [0.05, 0.1) is 10.7 Å².